The molecule has 1 N–H and O–H groups in total. The SMILES string of the molecule is CCCNc1nc(SCC2COC2)c(C#N)c(-c2ccc(OC3COC3)cc2)c1C#N. The lowest BCUT2D eigenvalue weighted by molar-refractivity contribution is -0.0796. The van der Waals surface area contributed by atoms with Gasteiger partial charge >= 0.3 is 0 Å². The second-order valence-electron chi connectivity index (χ2n) is 7.56. The van der Waals surface area contributed by atoms with E-state index < -0.39 is 0 Å². The predicted octanol–water partition coefficient (Wildman–Crippen LogP) is 3.83. The highest BCUT2D eigenvalue weighted by Crippen LogP contribution is 2.38. The molecule has 2 saturated heterocycles. The van der Waals surface area contributed by atoms with Gasteiger partial charge in [-0.05, 0) is 24.1 Å². The van der Waals surface area contributed by atoms with Crippen molar-refractivity contribution in [2.24, 2.45) is 5.92 Å². The third-order valence-corrected chi connectivity index (χ3v) is 6.35. The highest BCUT2D eigenvalue weighted by atomic mass is 32.2. The van der Waals surface area contributed by atoms with Crippen molar-refractivity contribution in [2.45, 2.75) is 24.5 Å². The Balaban J connectivity index is 1.72. The van der Waals surface area contributed by atoms with Gasteiger partial charge in [-0.3, -0.25) is 0 Å². The van der Waals surface area contributed by atoms with Gasteiger partial charge in [-0.2, -0.15) is 10.5 Å². The fraction of sp³-hybridized carbons (Fsp3) is 0.435. The summed E-state index contributed by atoms with van der Waals surface area (Å²) in [6, 6.07) is 12.1. The molecule has 3 heterocycles. The first-order valence-electron chi connectivity index (χ1n) is 10.4. The summed E-state index contributed by atoms with van der Waals surface area (Å²) in [6.45, 7) is 5.44. The van der Waals surface area contributed by atoms with E-state index in [0.717, 1.165) is 36.7 Å². The van der Waals surface area contributed by atoms with Crippen LogP contribution in [0.5, 0.6) is 5.75 Å². The molecular formula is C23H24N4O3S. The molecule has 2 fully saturated rings. The standard InChI is InChI=1S/C23H24N4O3S/c1-2-7-26-22-19(8-24)21(16-3-5-17(6-4-16)30-18-12-29-13-18)20(9-25)23(27-22)31-14-15-10-28-11-15/h3-6,15,18H,2,7,10-14H2,1H3,(H,26,27). The van der Waals surface area contributed by atoms with Crippen LogP contribution < -0.4 is 10.1 Å². The van der Waals surface area contributed by atoms with Crippen LogP contribution in [-0.4, -0.2) is 49.8 Å². The number of rotatable bonds is 9. The van der Waals surface area contributed by atoms with Crippen LogP contribution in [0, 0.1) is 28.6 Å². The van der Waals surface area contributed by atoms with E-state index in [9.17, 15) is 10.5 Å². The molecule has 7 nitrogen and oxygen atoms in total. The highest BCUT2D eigenvalue weighted by molar-refractivity contribution is 7.99. The van der Waals surface area contributed by atoms with E-state index in [1.54, 1.807) is 11.8 Å². The third kappa shape index (κ3) is 4.77. The van der Waals surface area contributed by atoms with Gasteiger partial charge in [0.2, 0.25) is 0 Å². The van der Waals surface area contributed by atoms with Crippen molar-refractivity contribution < 1.29 is 14.2 Å². The smallest absolute Gasteiger partial charge is 0.146 e. The Kier molecular flexibility index (Phi) is 6.93. The Hall–Kier alpha value is -2.78. The number of hydrogen-bond acceptors (Lipinski definition) is 8. The first-order valence-corrected chi connectivity index (χ1v) is 11.4. The fourth-order valence-corrected chi connectivity index (χ4v) is 4.33. The molecule has 0 radical (unpaired) electrons. The van der Waals surface area contributed by atoms with Crippen LogP contribution in [0.1, 0.15) is 24.5 Å². The molecular weight excluding hydrogens is 412 g/mol. The molecule has 0 saturated carbocycles. The van der Waals surface area contributed by atoms with Crippen molar-refractivity contribution in [1.29, 1.82) is 10.5 Å². The van der Waals surface area contributed by atoms with Crippen molar-refractivity contribution in [1.82, 2.24) is 4.98 Å². The molecule has 0 spiro atoms. The lowest BCUT2D eigenvalue weighted by Crippen LogP contribution is -2.38. The predicted molar refractivity (Wildman–Crippen MR) is 118 cm³/mol. The zero-order chi connectivity index (χ0) is 21.6. The quantitative estimate of drug-likeness (QED) is 0.592. The van der Waals surface area contributed by atoms with E-state index in [-0.39, 0.29) is 6.10 Å². The maximum atomic E-state index is 10.0. The van der Waals surface area contributed by atoms with Gasteiger partial charge in [0, 0.05) is 23.8 Å². The number of nitriles is 2. The molecule has 0 bridgehead atoms. The summed E-state index contributed by atoms with van der Waals surface area (Å²) in [5, 5.41) is 23.9. The third-order valence-electron chi connectivity index (χ3n) is 5.15. The molecule has 160 valence electrons. The van der Waals surface area contributed by atoms with E-state index in [1.807, 2.05) is 24.3 Å². The number of nitrogens with one attached hydrogen (secondary N) is 1. The van der Waals surface area contributed by atoms with Gasteiger partial charge in [-0.25, -0.2) is 4.98 Å². The van der Waals surface area contributed by atoms with Gasteiger partial charge in [0.1, 0.15) is 40.4 Å². The minimum absolute atomic E-state index is 0.0828. The van der Waals surface area contributed by atoms with Crippen molar-refractivity contribution in [3.05, 3.63) is 35.4 Å². The Bertz CT molecular complexity index is 1010. The van der Waals surface area contributed by atoms with Gasteiger partial charge in [0.25, 0.3) is 0 Å². The van der Waals surface area contributed by atoms with E-state index >= 15 is 0 Å². The molecule has 4 rings (SSSR count). The second kappa shape index (κ2) is 10.0. The average Bonchev–Trinajstić information content (AvgIpc) is 2.73. The van der Waals surface area contributed by atoms with Gasteiger partial charge in [-0.15, -0.1) is 11.8 Å². The number of benzene rings is 1. The summed E-state index contributed by atoms with van der Waals surface area (Å²) in [5.74, 6) is 2.57. The van der Waals surface area contributed by atoms with E-state index in [1.165, 1.54) is 0 Å². The van der Waals surface area contributed by atoms with Gasteiger partial charge in [0.15, 0.2) is 0 Å². The normalized spacial score (nSPS) is 16.0. The molecule has 0 unspecified atom stereocenters. The second-order valence-corrected chi connectivity index (χ2v) is 8.57. The molecule has 1 aromatic carbocycles. The number of nitrogens with zero attached hydrogens (tertiary/aromatic N) is 3. The van der Waals surface area contributed by atoms with Gasteiger partial charge in [0.05, 0.1) is 32.0 Å². The van der Waals surface area contributed by atoms with Crippen LogP contribution >= 0.6 is 11.8 Å². The summed E-state index contributed by atoms with van der Waals surface area (Å²) in [4.78, 5) is 4.67. The lowest BCUT2D eigenvalue weighted by atomic mass is 9.96. The maximum Gasteiger partial charge on any atom is 0.146 e. The van der Waals surface area contributed by atoms with Crippen LogP contribution in [0.3, 0.4) is 0 Å². The van der Waals surface area contributed by atoms with E-state index in [4.69, 9.17) is 14.2 Å². The fourth-order valence-electron chi connectivity index (χ4n) is 3.29. The highest BCUT2D eigenvalue weighted by Gasteiger charge is 2.25. The molecule has 31 heavy (non-hydrogen) atoms. The minimum atomic E-state index is 0.0828. The van der Waals surface area contributed by atoms with Crippen LogP contribution in [0.2, 0.25) is 0 Å². The molecule has 1 aromatic heterocycles. The number of aromatic nitrogens is 1. The van der Waals surface area contributed by atoms with Crippen LogP contribution in [0.15, 0.2) is 29.3 Å². The zero-order valence-electron chi connectivity index (χ0n) is 17.4. The number of hydrogen-bond donors (Lipinski definition) is 1. The lowest BCUT2D eigenvalue weighted by Gasteiger charge is -2.26. The van der Waals surface area contributed by atoms with E-state index in [2.05, 4.69) is 29.4 Å². The van der Waals surface area contributed by atoms with Crippen molar-refractivity contribution in [3.8, 4) is 29.0 Å². The summed E-state index contributed by atoms with van der Waals surface area (Å²) < 4.78 is 16.3. The van der Waals surface area contributed by atoms with Crippen molar-refractivity contribution in [3.63, 3.8) is 0 Å². The zero-order valence-corrected chi connectivity index (χ0v) is 18.2. The first-order chi connectivity index (χ1) is 15.2. The monoisotopic (exact) mass is 436 g/mol. The van der Waals surface area contributed by atoms with E-state index in [0.29, 0.717) is 53.2 Å². The average molecular weight is 437 g/mol. The molecule has 0 atom stereocenters. The molecule has 0 amide bonds. The van der Waals surface area contributed by atoms with Crippen LogP contribution in [0.25, 0.3) is 11.1 Å². The topological polar surface area (TPSA) is 100 Å². The molecule has 8 heteroatoms. The molecule has 2 aliphatic heterocycles. The van der Waals surface area contributed by atoms with Gasteiger partial charge < -0.3 is 19.5 Å². The molecule has 2 aliphatic rings. The van der Waals surface area contributed by atoms with Gasteiger partial charge in [-0.1, -0.05) is 19.1 Å². The Morgan fingerprint density at radius 2 is 1.81 bits per heavy atom. The first kappa shape index (κ1) is 21.5. The van der Waals surface area contributed by atoms with Crippen molar-refractivity contribution in [2.75, 3.05) is 44.0 Å². The largest absolute Gasteiger partial charge is 0.486 e. The molecule has 2 aromatic rings. The van der Waals surface area contributed by atoms with Crippen molar-refractivity contribution >= 4 is 17.6 Å². The van der Waals surface area contributed by atoms with Crippen LogP contribution in [0.4, 0.5) is 5.82 Å². The summed E-state index contributed by atoms with van der Waals surface area (Å²) in [7, 11) is 0. The number of ether oxygens (including phenoxy) is 3. The summed E-state index contributed by atoms with van der Waals surface area (Å²) >= 11 is 1.55. The Morgan fingerprint density at radius 1 is 1.10 bits per heavy atom. The number of thioether (sulfide) groups is 1. The number of anilines is 1. The molecule has 0 aliphatic carbocycles. The maximum absolute atomic E-state index is 10.0. The van der Waals surface area contributed by atoms with Crippen LogP contribution in [-0.2, 0) is 9.47 Å². The summed E-state index contributed by atoms with van der Waals surface area (Å²) in [5.41, 5.74) is 2.23. The Morgan fingerprint density at radius 3 is 2.35 bits per heavy atom. The Labute approximate surface area is 186 Å². The number of pyridine rings is 1. The summed E-state index contributed by atoms with van der Waals surface area (Å²) in [6.07, 6.45) is 0.986. The minimum Gasteiger partial charge on any atom is -0.486 e.